The van der Waals surface area contributed by atoms with Crippen molar-refractivity contribution in [3.8, 4) is 5.75 Å². The van der Waals surface area contributed by atoms with Crippen molar-refractivity contribution < 1.29 is 9.53 Å². The number of hydrogen-bond acceptors (Lipinski definition) is 3. The highest BCUT2D eigenvalue weighted by atomic mass is 32.1. The summed E-state index contributed by atoms with van der Waals surface area (Å²) >= 11 is 5.34. The van der Waals surface area contributed by atoms with Crippen molar-refractivity contribution in [3.63, 3.8) is 0 Å². The normalized spacial score (nSPS) is 16.1. The number of thiocarbonyl (C=S) groups is 1. The molecule has 0 saturated heterocycles. The summed E-state index contributed by atoms with van der Waals surface area (Å²) in [6.45, 7) is 6.47. The molecule has 2 aromatic rings. The van der Waals surface area contributed by atoms with Crippen LogP contribution in [0.25, 0.3) is 0 Å². The number of amides is 1. The summed E-state index contributed by atoms with van der Waals surface area (Å²) in [6, 6.07) is 15.5. The van der Waals surface area contributed by atoms with Crippen LogP contribution >= 0.6 is 12.2 Å². The first-order valence-electron chi connectivity index (χ1n) is 9.93. The van der Waals surface area contributed by atoms with Gasteiger partial charge >= 0.3 is 0 Å². The van der Waals surface area contributed by atoms with Crippen LogP contribution in [-0.4, -0.2) is 17.6 Å². The highest BCUT2D eigenvalue weighted by Crippen LogP contribution is 2.30. The van der Waals surface area contributed by atoms with Gasteiger partial charge in [0.15, 0.2) is 5.11 Å². The predicted octanol–water partition coefficient (Wildman–Crippen LogP) is 4.47. The molecule has 1 atom stereocenters. The predicted molar refractivity (Wildman–Crippen MR) is 121 cm³/mol. The van der Waals surface area contributed by atoms with Crippen LogP contribution in [-0.2, 0) is 11.2 Å². The maximum Gasteiger partial charge on any atom is 0.255 e. The lowest BCUT2D eigenvalue weighted by molar-refractivity contribution is -0.113. The molecule has 29 heavy (non-hydrogen) atoms. The van der Waals surface area contributed by atoms with Crippen LogP contribution in [0.15, 0.2) is 59.8 Å². The zero-order chi connectivity index (χ0) is 20.8. The Morgan fingerprint density at radius 1 is 1.14 bits per heavy atom. The fraction of sp³-hybridized carbons (Fsp3) is 0.304. The Hall–Kier alpha value is -2.86. The smallest absolute Gasteiger partial charge is 0.255 e. The number of hydrogen-bond donors (Lipinski definition) is 3. The molecule has 0 fully saturated rings. The van der Waals surface area contributed by atoms with E-state index in [1.807, 2.05) is 38.1 Å². The molecule has 152 valence electrons. The zero-order valence-electron chi connectivity index (χ0n) is 17.0. The molecule has 3 rings (SSSR count). The number of aryl methyl sites for hydroxylation is 1. The van der Waals surface area contributed by atoms with Crippen molar-refractivity contribution in [2.45, 2.75) is 39.7 Å². The first-order chi connectivity index (χ1) is 14.0. The number of rotatable bonds is 7. The number of carbonyl (C=O) groups excluding carboxylic acids is 1. The average Bonchev–Trinajstić information content (AvgIpc) is 2.70. The third-order valence-corrected chi connectivity index (χ3v) is 5.02. The molecule has 3 N–H and O–H groups in total. The van der Waals surface area contributed by atoms with Gasteiger partial charge < -0.3 is 20.7 Å². The molecule has 0 spiro atoms. The van der Waals surface area contributed by atoms with E-state index < -0.39 is 0 Å². The van der Waals surface area contributed by atoms with E-state index in [9.17, 15) is 4.79 Å². The van der Waals surface area contributed by atoms with Gasteiger partial charge in [0.2, 0.25) is 0 Å². The molecular formula is C23H27N3O2S. The molecule has 0 radical (unpaired) electrons. The number of carbonyl (C=O) groups is 1. The minimum absolute atomic E-state index is 0.195. The molecule has 1 amide bonds. The van der Waals surface area contributed by atoms with Gasteiger partial charge in [-0.05, 0) is 55.7 Å². The molecule has 2 aromatic carbocycles. The van der Waals surface area contributed by atoms with Crippen LogP contribution < -0.4 is 20.7 Å². The van der Waals surface area contributed by atoms with Crippen molar-refractivity contribution in [3.05, 3.63) is 70.9 Å². The second-order valence-electron chi connectivity index (χ2n) is 6.95. The van der Waals surface area contributed by atoms with E-state index in [0.717, 1.165) is 24.1 Å². The highest BCUT2D eigenvalue weighted by molar-refractivity contribution is 7.80. The Morgan fingerprint density at radius 2 is 1.86 bits per heavy atom. The van der Waals surface area contributed by atoms with Gasteiger partial charge in [0.05, 0.1) is 23.9 Å². The Bertz CT molecular complexity index is 922. The van der Waals surface area contributed by atoms with E-state index in [1.54, 1.807) is 0 Å². The van der Waals surface area contributed by atoms with Crippen molar-refractivity contribution in [1.29, 1.82) is 0 Å². The van der Waals surface area contributed by atoms with Crippen LogP contribution in [0, 0.1) is 0 Å². The highest BCUT2D eigenvalue weighted by Gasteiger charge is 2.30. The standard InChI is InChI=1S/C23H27N3O2S/c1-4-8-16-11-13-17(14-12-16)21-20(15(3)24-23(29)26-21)22(27)25-18-9-6-7-10-19(18)28-5-2/h6-7,9-14,21H,4-5,8H2,1-3H3,(H,25,27)(H2,24,26,29). The molecular weight excluding hydrogens is 382 g/mol. The molecule has 1 aliphatic rings. The third-order valence-electron chi connectivity index (χ3n) is 4.80. The van der Waals surface area contributed by atoms with Gasteiger partial charge in [0.1, 0.15) is 5.75 Å². The minimum atomic E-state index is -0.321. The topological polar surface area (TPSA) is 62.4 Å². The Morgan fingerprint density at radius 3 is 2.55 bits per heavy atom. The Balaban J connectivity index is 1.90. The maximum absolute atomic E-state index is 13.2. The van der Waals surface area contributed by atoms with Crippen molar-refractivity contribution in [1.82, 2.24) is 10.6 Å². The molecule has 1 aliphatic heterocycles. The van der Waals surface area contributed by atoms with E-state index in [0.29, 0.717) is 28.7 Å². The van der Waals surface area contributed by atoms with Gasteiger partial charge in [-0.2, -0.15) is 0 Å². The second kappa shape index (κ2) is 9.56. The number of allylic oxidation sites excluding steroid dienone is 1. The molecule has 1 unspecified atom stereocenters. The SMILES string of the molecule is CCCc1ccc(C2NC(=S)NC(C)=C2C(=O)Nc2ccccc2OCC)cc1. The average molecular weight is 410 g/mol. The van der Waals surface area contributed by atoms with Crippen LogP contribution in [0.3, 0.4) is 0 Å². The summed E-state index contributed by atoms with van der Waals surface area (Å²) in [4.78, 5) is 13.2. The van der Waals surface area contributed by atoms with Gasteiger partial charge in [0.25, 0.3) is 5.91 Å². The first kappa shape index (κ1) is 20.9. The number of anilines is 1. The van der Waals surface area contributed by atoms with E-state index in [4.69, 9.17) is 17.0 Å². The third kappa shape index (κ3) is 4.95. The van der Waals surface area contributed by atoms with Gasteiger partial charge in [-0.1, -0.05) is 49.7 Å². The summed E-state index contributed by atoms with van der Waals surface area (Å²) in [5.74, 6) is 0.453. The maximum atomic E-state index is 13.2. The molecule has 6 heteroatoms. The molecule has 0 aromatic heterocycles. The lowest BCUT2D eigenvalue weighted by Gasteiger charge is -2.30. The monoisotopic (exact) mass is 409 g/mol. The summed E-state index contributed by atoms with van der Waals surface area (Å²) in [5, 5.41) is 9.82. The number of nitrogens with one attached hydrogen (secondary N) is 3. The first-order valence-corrected chi connectivity index (χ1v) is 10.3. The van der Waals surface area contributed by atoms with Gasteiger partial charge in [0, 0.05) is 5.70 Å². The van der Waals surface area contributed by atoms with Crippen LogP contribution in [0.5, 0.6) is 5.75 Å². The number of benzene rings is 2. The Kier molecular flexibility index (Phi) is 6.88. The molecule has 0 aliphatic carbocycles. The zero-order valence-corrected chi connectivity index (χ0v) is 17.9. The largest absolute Gasteiger partial charge is 0.492 e. The summed E-state index contributed by atoms with van der Waals surface area (Å²) in [6.07, 6.45) is 2.13. The van der Waals surface area contributed by atoms with E-state index in [2.05, 4.69) is 47.1 Å². The number of para-hydroxylation sites is 2. The lowest BCUT2D eigenvalue weighted by Crippen LogP contribution is -2.45. The van der Waals surface area contributed by atoms with Crippen LogP contribution in [0.1, 0.15) is 44.4 Å². The number of ether oxygens (including phenoxy) is 1. The minimum Gasteiger partial charge on any atom is -0.492 e. The van der Waals surface area contributed by atoms with Crippen molar-refractivity contribution >= 4 is 28.9 Å². The summed E-state index contributed by atoms with van der Waals surface area (Å²) < 4.78 is 5.63. The summed E-state index contributed by atoms with van der Waals surface area (Å²) in [5.41, 5.74) is 4.27. The van der Waals surface area contributed by atoms with Crippen molar-refractivity contribution in [2.75, 3.05) is 11.9 Å². The van der Waals surface area contributed by atoms with E-state index in [1.165, 1.54) is 5.56 Å². The Labute approximate surface area is 177 Å². The quantitative estimate of drug-likeness (QED) is 0.589. The molecule has 1 heterocycles. The van der Waals surface area contributed by atoms with E-state index in [-0.39, 0.29) is 11.9 Å². The van der Waals surface area contributed by atoms with Gasteiger partial charge in [-0.15, -0.1) is 0 Å². The van der Waals surface area contributed by atoms with Crippen LogP contribution in [0.2, 0.25) is 0 Å². The lowest BCUT2D eigenvalue weighted by atomic mass is 9.93. The molecule has 0 saturated carbocycles. The molecule has 0 bridgehead atoms. The fourth-order valence-electron chi connectivity index (χ4n) is 3.45. The summed E-state index contributed by atoms with van der Waals surface area (Å²) in [7, 11) is 0. The second-order valence-corrected chi connectivity index (χ2v) is 7.35. The van der Waals surface area contributed by atoms with Crippen LogP contribution in [0.4, 0.5) is 5.69 Å². The van der Waals surface area contributed by atoms with E-state index >= 15 is 0 Å². The molecule has 5 nitrogen and oxygen atoms in total. The van der Waals surface area contributed by atoms with Gasteiger partial charge in [-0.25, -0.2) is 0 Å². The van der Waals surface area contributed by atoms with Crippen molar-refractivity contribution in [2.24, 2.45) is 0 Å². The fourth-order valence-corrected chi connectivity index (χ4v) is 3.72. The van der Waals surface area contributed by atoms with Gasteiger partial charge in [-0.3, -0.25) is 4.79 Å².